The maximum Gasteiger partial charge on any atom is 0.204 e. The summed E-state index contributed by atoms with van der Waals surface area (Å²) in [4.78, 5) is 6.91. The highest BCUT2D eigenvalue weighted by Crippen LogP contribution is 2.27. The van der Waals surface area contributed by atoms with Gasteiger partial charge in [-0.05, 0) is 42.5 Å². The molecular formula is C16H22ClN3O. The number of nitrogens with zero attached hydrogens (tertiary/aromatic N) is 3. The van der Waals surface area contributed by atoms with Gasteiger partial charge in [0.15, 0.2) is 0 Å². The summed E-state index contributed by atoms with van der Waals surface area (Å²) in [6.45, 7) is 5.40. The van der Waals surface area contributed by atoms with E-state index in [0.717, 1.165) is 35.9 Å². The first-order valence-electron chi connectivity index (χ1n) is 7.63. The Morgan fingerprint density at radius 1 is 1.43 bits per heavy atom. The minimum atomic E-state index is 0.553. The number of hydrogen-bond acceptors (Lipinski definition) is 3. The lowest BCUT2D eigenvalue weighted by atomic mass is 10.0. The predicted octanol–water partition coefficient (Wildman–Crippen LogP) is 3.78. The molecule has 1 atom stereocenters. The molecule has 1 aliphatic heterocycles. The fraction of sp³-hybridized carbons (Fsp3) is 0.562. The van der Waals surface area contributed by atoms with Crippen LogP contribution >= 0.6 is 11.6 Å². The second-order valence-corrected chi connectivity index (χ2v) is 6.16. The molecule has 2 aromatic rings. The predicted molar refractivity (Wildman–Crippen MR) is 85.9 cm³/mol. The number of likely N-dealkylation sites (tertiary alicyclic amines) is 1. The molecule has 1 aromatic carbocycles. The normalized spacial score (nSPS) is 19.5. The molecule has 114 valence electrons. The molecule has 0 aliphatic carbocycles. The Labute approximate surface area is 130 Å². The van der Waals surface area contributed by atoms with E-state index < -0.39 is 0 Å². The first-order valence-corrected chi connectivity index (χ1v) is 8.01. The molecule has 1 fully saturated rings. The van der Waals surface area contributed by atoms with E-state index in [1.807, 2.05) is 18.2 Å². The van der Waals surface area contributed by atoms with Crippen molar-refractivity contribution in [1.29, 1.82) is 0 Å². The van der Waals surface area contributed by atoms with E-state index in [2.05, 4.69) is 21.4 Å². The summed E-state index contributed by atoms with van der Waals surface area (Å²) in [7, 11) is 1.66. The monoisotopic (exact) mass is 307 g/mol. The molecule has 0 spiro atoms. The number of ether oxygens (including phenoxy) is 1. The molecule has 1 saturated heterocycles. The summed E-state index contributed by atoms with van der Waals surface area (Å²) in [5.41, 5.74) is 1.96. The first-order chi connectivity index (χ1) is 10.2. The minimum Gasteiger partial charge on any atom is -0.497 e. The van der Waals surface area contributed by atoms with Crippen molar-refractivity contribution in [3.05, 3.63) is 23.5 Å². The van der Waals surface area contributed by atoms with Gasteiger partial charge in [0.1, 0.15) is 5.75 Å². The van der Waals surface area contributed by atoms with Crippen molar-refractivity contribution in [2.24, 2.45) is 5.92 Å². The van der Waals surface area contributed by atoms with Crippen LogP contribution in [-0.4, -0.2) is 34.7 Å². The van der Waals surface area contributed by atoms with Crippen molar-refractivity contribution in [1.82, 2.24) is 14.5 Å². The maximum absolute atomic E-state index is 6.32. The third-order valence-electron chi connectivity index (χ3n) is 4.32. The Hall–Kier alpha value is -1.26. The van der Waals surface area contributed by atoms with Crippen LogP contribution < -0.4 is 4.74 Å². The molecule has 1 aromatic heterocycles. The van der Waals surface area contributed by atoms with Crippen LogP contribution in [0.2, 0.25) is 5.28 Å². The molecular weight excluding hydrogens is 286 g/mol. The second kappa shape index (κ2) is 6.24. The van der Waals surface area contributed by atoms with Gasteiger partial charge in [-0.2, -0.15) is 0 Å². The van der Waals surface area contributed by atoms with E-state index in [4.69, 9.17) is 16.3 Å². The van der Waals surface area contributed by atoms with Gasteiger partial charge in [0, 0.05) is 19.2 Å². The largest absolute Gasteiger partial charge is 0.497 e. The molecule has 3 rings (SSSR count). The molecule has 0 N–H and O–H groups in total. The van der Waals surface area contributed by atoms with Crippen molar-refractivity contribution in [3.63, 3.8) is 0 Å². The van der Waals surface area contributed by atoms with Crippen LogP contribution in [0.5, 0.6) is 5.75 Å². The molecule has 0 amide bonds. The molecule has 4 nitrogen and oxygen atoms in total. The Morgan fingerprint density at radius 3 is 3.05 bits per heavy atom. The average Bonchev–Trinajstić information content (AvgIpc) is 3.04. The average molecular weight is 308 g/mol. The van der Waals surface area contributed by atoms with Gasteiger partial charge in [-0.15, -0.1) is 0 Å². The number of aromatic nitrogens is 2. The van der Waals surface area contributed by atoms with E-state index >= 15 is 0 Å². The highest BCUT2D eigenvalue weighted by Gasteiger charge is 2.23. The summed E-state index contributed by atoms with van der Waals surface area (Å²) >= 11 is 6.32. The summed E-state index contributed by atoms with van der Waals surface area (Å²) < 4.78 is 7.33. The van der Waals surface area contributed by atoms with E-state index in [1.165, 1.54) is 25.8 Å². The molecule has 21 heavy (non-hydrogen) atoms. The van der Waals surface area contributed by atoms with Crippen LogP contribution in [-0.2, 0) is 6.67 Å². The Morgan fingerprint density at radius 2 is 2.29 bits per heavy atom. The Bertz CT molecular complexity index is 625. The number of halogens is 1. The van der Waals surface area contributed by atoms with Gasteiger partial charge < -0.3 is 9.30 Å². The third-order valence-corrected chi connectivity index (χ3v) is 4.61. The molecule has 1 unspecified atom stereocenters. The summed E-state index contributed by atoms with van der Waals surface area (Å²) in [6.07, 6.45) is 3.89. The second-order valence-electron chi connectivity index (χ2n) is 5.83. The SMILES string of the molecule is CCCC1CCN(Cn2c(Cl)nc3cc(OC)ccc32)C1. The third kappa shape index (κ3) is 3.01. The lowest BCUT2D eigenvalue weighted by Crippen LogP contribution is -2.24. The number of hydrogen-bond donors (Lipinski definition) is 0. The number of rotatable bonds is 5. The van der Waals surface area contributed by atoms with Crippen molar-refractivity contribution < 1.29 is 4.74 Å². The maximum atomic E-state index is 6.32. The topological polar surface area (TPSA) is 30.3 Å². The zero-order valence-corrected chi connectivity index (χ0v) is 13.4. The Balaban J connectivity index is 1.79. The van der Waals surface area contributed by atoms with Crippen molar-refractivity contribution in [2.75, 3.05) is 20.2 Å². The zero-order chi connectivity index (χ0) is 14.8. The molecule has 0 radical (unpaired) electrons. The van der Waals surface area contributed by atoms with Crippen LogP contribution in [0.4, 0.5) is 0 Å². The molecule has 2 heterocycles. The fourth-order valence-corrected chi connectivity index (χ4v) is 3.46. The standard InChI is InChI=1S/C16H22ClN3O/c1-3-4-12-7-8-19(10-12)11-20-15-6-5-13(21-2)9-14(15)18-16(20)17/h5-6,9,12H,3-4,7-8,10-11H2,1-2H3. The van der Waals surface area contributed by atoms with Crippen molar-refractivity contribution in [3.8, 4) is 5.75 Å². The summed E-state index contributed by atoms with van der Waals surface area (Å²) in [6, 6.07) is 5.93. The highest BCUT2D eigenvalue weighted by atomic mass is 35.5. The van der Waals surface area contributed by atoms with Crippen LogP contribution in [0.15, 0.2) is 18.2 Å². The molecule has 0 saturated carbocycles. The fourth-order valence-electron chi connectivity index (χ4n) is 3.23. The van der Waals surface area contributed by atoms with Gasteiger partial charge in [-0.1, -0.05) is 13.3 Å². The van der Waals surface area contributed by atoms with Gasteiger partial charge in [0.05, 0.1) is 24.8 Å². The lowest BCUT2D eigenvalue weighted by Gasteiger charge is -2.17. The minimum absolute atomic E-state index is 0.553. The van der Waals surface area contributed by atoms with Crippen molar-refractivity contribution >= 4 is 22.6 Å². The summed E-state index contributed by atoms with van der Waals surface area (Å²) in [5.74, 6) is 1.65. The van der Waals surface area contributed by atoms with Gasteiger partial charge in [-0.25, -0.2) is 4.98 Å². The van der Waals surface area contributed by atoms with Gasteiger partial charge in [-0.3, -0.25) is 4.90 Å². The van der Waals surface area contributed by atoms with E-state index in [1.54, 1.807) is 7.11 Å². The van der Waals surface area contributed by atoms with Gasteiger partial charge >= 0.3 is 0 Å². The number of methoxy groups -OCH3 is 1. The zero-order valence-electron chi connectivity index (χ0n) is 12.7. The smallest absolute Gasteiger partial charge is 0.204 e. The number of benzene rings is 1. The van der Waals surface area contributed by atoms with E-state index in [0.29, 0.717) is 5.28 Å². The lowest BCUT2D eigenvalue weighted by molar-refractivity contribution is 0.261. The molecule has 0 bridgehead atoms. The summed E-state index contributed by atoms with van der Waals surface area (Å²) in [5, 5.41) is 0.553. The van der Waals surface area contributed by atoms with Gasteiger partial charge in [0.2, 0.25) is 5.28 Å². The molecule has 1 aliphatic rings. The van der Waals surface area contributed by atoms with E-state index in [-0.39, 0.29) is 0 Å². The Kier molecular flexibility index (Phi) is 4.36. The van der Waals surface area contributed by atoms with Crippen LogP contribution in [0.25, 0.3) is 11.0 Å². The quantitative estimate of drug-likeness (QED) is 0.842. The van der Waals surface area contributed by atoms with Crippen LogP contribution in [0.3, 0.4) is 0 Å². The van der Waals surface area contributed by atoms with Crippen molar-refractivity contribution in [2.45, 2.75) is 32.9 Å². The first kappa shape index (κ1) is 14.7. The number of fused-ring (bicyclic) bond motifs is 1. The van der Waals surface area contributed by atoms with Crippen LogP contribution in [0, 0.1) is 5.92 Å². The molecule has 5 heteroatoms. The highest BCUT2D eigenvalue weighted by molar-refractivity contribution is 6.29. The number of imidazole rings is 1. The van der Waals surface area contributed by atoms with Gasteiger partial charge in [0.25, 0.3) is 0 Å². The van der Waals surface area contributed by atoms with E-state index in [9.17, 15) is 0 Å². The van der Waals surface area contributed by atoms with Crippen LogP contribution in [0.1, 0.15) is 26.2 Å².